The fraction of sp³-hybridized carbons (Fsp3) is 0.385. The van der Waals surface area contributed by atoms with E-state index in [0.717, 1.165) is 4.47 Å². The predicted octanol–water partition coefficient (Wildman–Crippen LogP) is 2.38. The Morgan fingerprint density at radius 3 is 2.21 bits per heavy atom. The molecule has 6 heteroatoms. The number of sulfone groups is 1. The molecule has 0 bridgehead atoms. The van der Waals surface area contributed by atoms with Gasteiger partial charge >= 0.3 is 0 Å². The highest BCUT2D eigenvalue weighted by Crippen LogP contribution is 2.62. The molecule has 1 saturated carbocycles. The number of hydrogen-bond acceptors (Lipinski definition) is 4. The minimum atomic E-state index is -3.42. The summed E-state index contributed by atoms with van der Waals surface area (Å²) in [4.78, 5) is 0. The van der Waals surface area contributed by atoms with Crippen LogP contribution in [-0.2, 0) is 9.84 Å². The third-order valence-electron chi connectivity index (χ3n) is 3.52. The zero-order chi connectivity index (χ0) is 14.3. The lowest BCUT2D eigenvalue weighted by atomic mass is 10.0. The number of nitriles is 2. The molecular formula is C13H11BrN2O2S. The van der Waals surface area contributed by atoms with Gasteiger partial charge in [-0.2, -0.15) is 10.5 Å². The second kappa shape index (κ2) is 4.63. The van der Waals surface area contributed by atoms with Crippen molar-refractivity contribution in [3.63, 3.8) is 0 Å². The number of nitrogens with zero attached hydrogens (tertiary/aromatic N) is 2. The molecule has 1 aromatic rings. The molecule has 98 valence electrons. The van der Waals surface area contributed by atoms with E-state index in [2.05, 4.69) is 15.9 Å². The second-order valence-electron chi connectivity index (χ2n) is 4.49. The lowest BCUT2D eigenvalue weighted by Gasteiger charge is -2.00. The molecule has 4 nitrogen and oxygen atoms in total. The zero-order valence-electron chi connectivity index (χ0n) is 10.2. The number of benzene rings is 1. The number of halogens is 1. The highest BCUT2D eigenvalue weighted by molar-refractivity contribution is 9.10. The Hall–Kier alpha value is -1.37. The Kier molecular flexibility index (Phi) is 3.42. The van der Waals surface area contributed by atoms with Crippen LogP contribution in [0.2, 0.25) is 0 Å². The molecule has 0 N–H and O–H groups in total. The van der Waals surface area contributed by atoms with Gasteiger partial charge in [0.05, 0.1) is 12.1 Å². The van der Waals surface area contributed by atoms with Gasteiger partial charge in [-0.25, -0.2) is 8.42 Å². The average molecular weight is 339 g/mol. The van der Waals surface area contributed by atoms with Crippen LogP contribution in [0.5, 0.6) is 0 Å². The van der Waals surface area contributed by atoms with Gasteiger partial charge in [0.25, 0.3) is 0 Å². The Labute approximate surface area is 120 Å². The molecule has 0 heterocycles. The molecule has 1 fully saturated rings. The molecule has 0 saturated heterocycles. The summed E-state index contributed by atoms with van der Waals surface area (Å²) in [5, 5.41) is 17.5. The summed E-state index contributed by atoms with van der Waals surface area (Å²) in [7, 11) is -3.42. The summed E-state index contributed by atoms with van der Waals surface area (Å²) in [5.74, 6) is -0.615. The Bertz CT molecular complexity index is 669. The Balaban J connectivity index is 2.50. The van der Waals surface area contributed by atoms with E-state index >= 15 is 0 Å². The summed E-state index contributed by atoms with van der Waals surface area (Å²) in [6.45, 7) is 1.53. The first kappa shape index (κ1) is 14.0. The molecule has 0 aromatic heterocycles. The molecule has 1 aromatic carbocycles. The minimum absolute atomic E-state index is 0.0597. The highest BCUT2D eigenvalue weighted by atomic mass is 79.9. The summed E-state index contributed by atoms with van der Waals surface area (Å²) >= 11 is 3.30. The maximum atomic E-state index is 12.0. The smallest absolute Gasteiger partial charge is 0.169 e. The van der Waals surface area contributed by atoms with Crippen LogP contribution < -0.4 is 0 Å². The Morgan fingerprint density at radius 2 is 1.79 bits per heavy atom. The van der Waals surface area contributed by atoms with Crippen LogP contribution in [-0.4, -0.2) is 19.4 Å². The summed E-state index contributed by atoms with van der Waals surface area (Å²) in [6, 6.07) is 10.9. The van der Waals surface area contributed by atoms with Gasteiger partial charge in [0.15, 0.2) is 15.3 Å². The van der Waals surface area contributed by atoms with Crippen molar-refractivity contribution in [1.29, 1.82) is 10.5 Å². The highest BCUT2D eigenvalue weighted by Gasteiger charge is 2.72. The summed E-state index contributed by atoms with van der Waals surface area (Å²) < 4.78 is 24.9. The normalized spacial score (nSPS) is 24.2. The van der Waals surface area contributed by atoms with Gasteiger partial charge in [-0.3, -0.25) is 0 Å². The first-order valence-corrected chi connectivity index (χ1v) is 8.23. The molecule has 0 unspecified atom stereocenters. The van der Waals surface area contributed by atoms with E-state index < -0.39 is 26.4 Å². The molecule has 0 spiro atoms. The van der Waals surface area contributed by atoms with Crippen molar-refractivity contribution in [2.75, 3.05) is 5.75 Å². The monoisotopic (exact) mass is 338 g/mol. The van der Waals surface area contributed by atoms with Crippen molar-refractivity contribution in [2.24, 2.45) is 5.41 Å². The van der Waals surface area contributed by atoms with E-state index in [-0.39, 0.29) is 5.75 Å². The molecule has 1 aliphatic rings. The van der Waals surface area contributed by atoms with Gasteiger partial charge in [0, 0.05) is 16.1 Å². The van der Waals surface area contributed by atoms with Crippen molar-refractivity contribution in [1.82, 2.24) is 0 Å². The van der Waals surface area contributed by atoms with Crippen molar-refractivity contribution in [3.05, 3.63) is 34.3 Å². The van der Waals surface area contributed by atoms with E-state index in [0.29, 0.717) is 5.56 Å². The maximum Gasteiger partial charge on any atom is 0.169 e. The van der Waals surface area contributed by atoms with Gasteiger partial charge in [-0.1, -0.05) is 35.0 Å². The number of rotatable bonds is 3. The fourth-order valence-electron chi connectivity index (χ4n) is 2.43. The van der Waals surface area contributed by atoms with Crippen molar-refractivity contribution in [3.8, 4) is 12.1 Å². The van der Waals surface area contributed by atoms with Crippen LogP contribution in [0.25, 0.3) is 0 Å². The van der Waals surface area contributed by atoms with Crippen LogP contribution in [0, 0.1) is 28.1 Å². The first-order chi connectivity index (χ1) is 8.93. The van der Waals surface area contributed by atoms with E-state index in [1.54, 1.807) is 24.3 Å². The lowest BCUT2D eigenvalue weighted by Crippen LogP contribution is -2.15. The largest absolute Gasteiger partial charge is 0.228 e. The summed E-state index contributed by atoms with van der Waals surface area (Å²) in [6.07, 6.45) is 0. The van der Waals surface area contributed by atoms with Crippen LogP contribution in [0.1, 0.15) is 18.4 Å². The molecule has 2 rings (SSSR count). The standard InChI is InChI=1S/C13H11BrN2O2S/c1-2-19(17,18)12-11(13(12,7-15)8-16)9-3-5-10(14)6-4-9/h3-6,11-12H,2H2,1H3/t11-,12-/m0/s1. The van der Waals surface area contributed by atoms with E-state index in [4.69, 9.17) is 0 Å². The maximum absolute atomic E-state index is 12.0. The van der Waals surface area contributed by atoms with Gasteiger partial charge in [-0.15, -0.1) is 0 Å². The molecule has 2 atom stereocenters. The third-order valence-corrected chi connectivity index (χ3v) is 6.27. The topological polar surface area (TPSA) is 81.7 Å². The van der Waals surface area contributed by atoms with Gasteiger partial charge < -0.3 is 0 Å². The molecule has 1 aliphatic carbocycles. The predicted molar refractivity (Wildman–Crippen MR) is 73.8 cm³/mol. The molecule has 0 aliphatic heterocycles. The molecule has 19 heavy (non-hydrogen) atoms. The lowest BCUT2D eigenvalue weighted by molar-refractivity contribution is 0.592. The Morgan fingerprint density at radius 1 is 1.26 bits per heavy atom. The van der Waals surface area contributed by atoms with E-state index in [1.165, 1.54) is 6.92 Å². The fourth-order valence-corrected chi connectivity index (χ4v) is 4.58. The zero-order valence-corrected chi connectivity index (χ0v) is 12.6. The van der Waals surface area contributed by atoms with Gasteiger partial charge in [-0.05, 0) is 17.7 Å². The van der Waals surface area contributed by atoms with E-state index in [9.17, 15) is 18.9 Å². The molecule has 0 amide bonds. The average Bonchev–Trinajstić information content (AvgIpc) is 3.10. The first-order valence-electron chi connectivity index (χ1n) is 5.72. The quantitative estimate of drug-likeness (QED) is 0.847. The molecular weight excluding hydrogens is 328 g/mol. The minimum Gasteiger partial charge on any atom is -0.228 e. The second-order valence-corrected chi connectivity index (χ2v) is 7.82. The van der Waals surface area contributed by atoms with Gasteiger partial charge in [0.2, 0.25) is 0 Å². The van der Waals surface area contributed by atoms with Crippen LogP contribution >= 0.6 is 15.9 Å². The molecule has 0 radical (unpaired) electrons. The summed E-state index contributed by atoms with van der Waals surface area (Å²) in [5.41, 5.74) is -0.726. The van der Waals surface area contributed by atoms with Crippen LogP contribution in [0.4, 0.5) is 0 Å². The van der Waals surface area contributed by atoms with Crippen molar-refractivity contribution in [2.45, 2.75) is 18.1 Å². The SMILES string of the molecule is CCS(=O)(=O)[C@H]1[C@H](c2ccc(Br)cc2)C1(C#N)C#N. The number of hydrogen-bond donors (Lipinski definition) is 0. The third kappa shape index (κ3) is 2.05. The van der Waals surface area contributed by atoms with Gasteiger partial charge in [0.1, 0.15) is 5.25 Å². The van der Waals surface area contributed by atoms with Crippen molar-refractivity contribution >= 4 is 25.8 Å². The van der Waals surface area contributed by atoms with Crippen LogP contribution in [0.3, 0.4) is 0 Å². The van der Waals surface area contributed by atoms with E-state index in [1.807, 2.05) is 12.1 Å². The van der Waals surface area contributed by atoms with Crippen molar-refractivity contribution < 1.29 is 8.42 Å². The van der Waals surface area contributed by atoms with Crippen LogP contribution in [0.15, 0.2) is 28.7 Å².